The number of likely N-dealkylation sites (tertiary alicyclic amines) is 2. The molecule has 1 aromatic heterocycles. The second kappa shape index (κ2) is 11.6. The number of aromatic nitrogens is 1. The normalized spacial score (nSPS) is 20.9. The van der Waals surface area contributed by atoms with Gasteiger partial charge in [0.2, 0.25) is 23.6 Å². The Morgan fingerprint density at radius 3 is 2.45 bits per heavy atom. The van der Waals surface area contributed by atoms with E-state index in [1.807, 2.05) is 24.3 Å². The van der Waals surface area contributed by atoms with Crippen molar-refractivity contribution in [2.45, 2.75) is 69.1 Å². The molecule has 4 amide bonds. The van der Waals surface area contributed by atoms with Crippen LogP contribution >= 0.6 is 0 Å². The number of H-pyrrole nitrogens is 1. The standard InChI is InChI=1S/C26H34N6O6/c27-17(9-10-22(28)33)24(35)32-12-4-8-21(32)25(36)31-11-3-7-20(31)23(34)30-19(26(37)38)13-15-14-29-18-6-2-1-5-16(15)18/h1-2,5-6,14,17,19-21,29H,3-4,7-13,27H2,(H2,28,33)(H,30,34)(H,37,38). The number of aliphatic carboxylic acids is 1. The van der Waals surface area contributed by atoms with E-state index < -0.39 is 47.9 Å². The molecule has 0 bridgehead atoms. The molecule has 2 fully saturated rings. The number of carboxylic acids is 1. The summed E-state index contributed by atoms with van der Waals surface area (Å²) in [5.74, 6) is -3.03. The number of nitrogens with zero attached hydrogens (tertiary/aromatic N) is 2. The SMILES string of the molecule is NC(=O)CCC(N)C(=O)N1CCCC1C(=O)N1CCCC1C(=O)NC(Cc1c[nH]c2ccccc12)C(=O)O. The first-order valence-corrected chi connectivity index (χ1v) is 12.9. The van der Waals surface area contributed by atoms with Gasteiger partial charge in [-0.3, -0.25) is 19.2 Å². The Labute approximate surface area is 219 Å². The molecule has 2 aliphatic heterocycles. The largest absolute Gasteiger partial charge is 0.480 e. The number of primary amides is 1. The Bertz CT molecular complexity index is 1230. The lowest BCUT2D eigenvalue weighted by Crippen LogP contribution is -2.56. The number of fused-ring (bicyclic) bond motifs is 1. The van der Waals surface area contributed by atoms with Crippen LogP contribution in [-0.2, 0) is 30.4 Å². The number of carbonyl (C=O) groups is 5. The van der Waals surface area contributed by atoms with E-state index in [2.05, 4.69) is 10.3 Å². The van der Waals surface area contributed by atoms with Crippen LogP contribution in [0.2, 0.25) is 0 Å². The predicted octanol–water partition coefficient (Wildman–Crippen LogP) is -0.145. The number of carboxylic acid groups (broad SMARTS) is 1. The Morgan fingerprint density at radius 2 is 1.74 bits per heavy atom. The van der Waals surface area contributed by atoms with E-state index in [1.165, 1.54) is 9.80 Å². The summed E-state index contributed by atoms with van der Waals surface area (Å²) in [6.07, 6.45) is 3.91. The van der Waals surface area contributed by atoms with E-state index in [0.717, 1.165) is 16.5 Å². The molecule has 3 heterocycles. The Balaban J connectivity index is 1.42. The first kappa shape index (κ1) is 27.1. The molecule has 2 saturated heterocycles. The van der Waals surface area contributed by atoms with Crippen LogP contribution in [0.3, 0.4) is 0 Å². The molecular weight excluding hydrogens is 492 g/mol. The molecule has 2 aromatic rings. The lowest BCUT2D eigenvalue weighted by Gasteiger charge is -2.32. The van der Waals surface area contributed by atoms with Crippen LogP contribution in [0.5, 0.6) is 0 Å². The van der Waals surface area contributed by atoms with E-state index in [4.69, 9.17) is 11.5 Å². The zero-order valence-corrected chi connectivity index (χ0v) is 21.1. The molecule has 0 aliphatic carbocycles. The Morgan fingerprint density at radius 1 is 1.05 bits per heavy atom. The zero-order valence-electron chi connectivity index (χ0n) is 21.1. The topological polar surface area (TPSA) is 192 Å². The lowest BCUT2D eigenvalue weighted by atomic mass is 10.0. The van der Waals surface area contributed by atoms with Gasteiger partial charge >= 0.3 is 5.97 Å². The van der Waals surface area contributed by atoms with Crippen LogP contribution in [0.15, 0.2) is 30.5 Å². The summed E-state index contributed by atoms with van der Waals surface area (Å²) in [6.45, 7) is 0.694. The second-order valence-corrected chi connectivity index (χ2v) is 9.95. The van der Waals surface area contributed by atoms with Crippen molar-refractivity contribution in [3.8, 4) is 0 Å². The van der Waals surface area contributed by atoms with Crippen molar-refractivity contribution in [2.75, 3.05) is 13.1 Å². The lowest BCUT2D eigenvalue weighted by molar-refractivity contribution is -0.148. The fraction of sp³-hybridized carbons (Fsp3) is 0.500. The van der Waals surface area contributed by atoms with Crippen molar-refractivity contribution in [3.05, 3.63) is 36.0 Å². The quantitative estimate of drug-likeness (QED) is 0.284. The van der Waals surface area contributed by atoms with Crippen LogP contribution in [0.4, 0.5) is 0 Å². The van der Waals surface area contributed by atoms with Gasteiger partial charge in [-0.15, -0.1) is 0 Å². The minimum absolute atomic E-state index is 0.0307. The van der Waals surface area contributed by atoms with Crippen LogP contribution in [0, 0.1) is 0 Å². The van der Waals surface area contributed by atoms with Gasteiger partial charge in [0.15, 0.2) is 0 Å². The zero-order chi connectivity index (χ0) is 27.4. The molecule has 4 atom stereocenters. The molecule has 12 heteroatoms. The summed E-state index contributed by atoms with van der Waals surface area (Å²) >= 11 is 0. The van der Waals surface area contributed by atoms with Crippen molar-refractivity contribution < 1.29 is 29.1 Å². The number of hydrogen-bond acceptors (Lipinski definition) is 6. The predicted molar refractivity (Wildman–Crippen MR) is 137 cm³/mol. The van der Waals surface area contributed by atoms with Crippen molar-refractivity contribution in [1.29, 1.82) is 0 Å². The van der Waals surface area contributed by atoms with Crippen molar-refractivity contribution >= 4 is 40.5 Å². The summed E-state index contributed by atoms with van der Waals surface area (Å²) < 4.78 is 0. The first-order chi connectivity index (χ1) is 18.2. The highest BCUT2D eigenvalue weighted by atomic mass is 16.4. The van der Waals surface area contributed by atoms with Crippen molar-refractivity contribution in [3.63, 3.8) is 0 Å². The number of nitrogens with one attached hydrogen (secondary N) is 2. The fourth-order valence-electron chi connectivity index (χ4n) is 5.40. The molecule has 12 nitrogen and oxygen atoms in total. The van der Waals surface area contributed by atoms with Crippen LogP contribution < -0.4 is 16.8 Å². The van der Waals surface area contributed by atoms with Gasteiger partial charge in [-0.05, 0) is 43.7 Å². The molecule has 2 aliphatic rings. The smallest absolute Gasteiger partial charge is 0.326 e. The number of carbonyl (C=O) groups excluding carboxylic acids is 4. The maximum absolute atomic E-state index is 13.5. The third kappa shape index (κ3) is 5.80. The van der Waals surface area contributed by atoms with Crippen LogP contribution in [-0.4, -0.2) is 86.7 Å². The number of para-hydroxylation sites is 1. The summed E-state index contributed by atoms with van der Waals surface area (Å²) in [4.78, 5) is 68.7. The first-order valence-electron chi connectivity index (χ1n) is 12.9. The van der Waals surface area contributed by atoms with E-state index in [0.29, 0.717) is 38.8 Å². The molecule has 0 radical (unpaired) electrons. The monoisotopic (exact) mass is 526 g/mol. The number of rotatable bonds is 10. The van der Waals surface area contributed by atoms with Gasteiger partial charge in [0, 0.05) is 43.0 Å². The third-order valence-corrected chi connectivity index (χ3v) is 7.39. The van der Waals surface area contributed by atoms with Crippen molar-refractivity contribution in [2.24, 2.45) is 11.5 Å². The van der Waals surface area contributed by atoms with Gasteiger partial charge in [-0.25, -0.2) is 4.79 Å². The Kier molecular flexibility index (Phi) is 8.30. The number of amides is 4. The molecule has 0 spiro atoms. The van der Waals surface area contributed by atoms with E-state index in [1.54, 1.807) is 6.20 Å². The molecule has 1 aromatic carbocycles. The van der Waals surface area contributed by atoms with Crippen LogP contribution in [0.1, 0.15) is 44.1 Å². The summed E-state index contributed by atoms with van der Waals surface area (Å²) in [5.41, 5.74) is 12.8. The van der Waals surface area contributed by atoms with Crippen LogP contribution in [0.25, 0.3) is 10.9 Å². The van der Waals surface area contributed by atoms with E-state index >= 15 is 0 Å². The van der Waals surface area contributed by atoms with E-state index in [9.17, 15) is 29.1 Å². The van der Waals surface area contributed by atoms with Gasteiger partial charge in [0.1, 0.15) is 18.1 Å². The van der Waals surface area contributed by atoms with Gasteiger partial charge in [0.25, 0.3) is 0 Å². The Hall–Kier alpha value is -3.93. The highest BCUT2D eigenvalue weighted by Gasteiger charge is 2.43. The average molecular weight is 527 g/mol. The average Bonchev–Trinajstić information content (AvgIpc) is 3.66. The molecule has 38 heavy (non-hydrogen) atoms. The molecule has 0 saturated carbocycles. The van der Waals surface area contributed by atoms with Gasteiger partial charge < -0.3 is 36.7 Å². The van der Waals surface area contributed by atoms with Gasteiger partial charge in [-0.2, -0.15) is 0 Å². The molecule has 204 valence electrons. The molecule has 4 unspecified atom stereocenters. The second-order valence-electron chi connectivity index (χ2n) is 9.95. The third-order valence-electron chi connectivity index (χ3n) is 7.39. The number of benzene rings is 1. The minimum atomic E-state index is -1.17. The van der Waals surface area contributed by atoms with Gasteiger partial charge in [0.05, 0.1) is 6.04 Å². The van der Waals surface area contributed by atoms with Crippen molar-refractivity contribution in [1.82, 2.24) is 20.1 Å². The highest BCUT2D eigenvalue weighted by Crippen LogP contribution is 2.26. The minimum Gasteiger partial charge on any atom is -0.480 e. The van der Waals surface area contributed by atoms with Gasteiger partial charge in [-0.1, -0.05) is 18.2 Å². The van der Waals surface area contributed by atoms with E-state index in [-0.39, 0.29) is 25.2 Å². The number of aromatic amines is 1. The highest BCUT2D eigenvalue weighted by molar-refractivity contribution is 5.95. The molecular formula is C26H34N6O6. The molecule has 7 N–H and O–H groups in total. The number of nitrogens with two attached hydrogens (primary N) is 2. The summed E-state index contributed by atoms with van der Waals surface area (Å²) in [7, 11) is 0. The maximum atomic E-state index is 13.5. The molecule has 4 rings (SSSR count). The summed E-state index contributed by atoms with van der Waals surface area (Å²) in [5, 5.41) is 13.3. The summed E-state index contributed by atoms with van der Waals surface area (Å²) in [6, 6.07) is 3.80. The number of hydrogen-bond donors (Lipinski definition) is 5. The fourth-order valence-corrected chi connectivity index (χ4v) is 5.40. The maximum Gasteiger partial charge on any atom is 0.326 e.